The van der Waals surface area contributed by atoms with Gasteiger partial charge in [0.25, 0.3) is 10.1 Å². The third kappa shape index (κ3) is 5.40. The van der Waals surface area contributed by atoms with Crippen LogP contribution in [-0.4, -0.2) is 48.4 Å². The van der Waals surface area contributed by atoms with Gasteiger partial charge in [0.05, 0.1) is 17.9 Å². The number of likely N-dealkylation sites (tertiary alicyclic amines) is 1. The molecule has 1 heterocycles. The summed E-state index contributed by atoms with van der Waals surface area (Å²) in [5.74, 6) is 0.255. The van der Waals surface area contributed by atoms with Gasteiger partial charge in [0.2, 0.25) is 0 Å². The van der Waals surface area contributed by atoms with Gasteiger partial charge in [-0.25, -0.2) is 0 Å². The molecule has 4 rings (SSSR count). The Balaban J connectivity index is 0.000000491. The Morgan fingerprint density at radius 1 is 0.774 bits per heavy atom. The molecule has 0 radical (unpaired) electrons. The molecule has 0 aromatic heterocycles. The molecule has 0 saturated carbocycles. The van der Waals surface area contributed by atoms with Crippen LogP contribution in [0, 0.1) is 5.92 Å². The summed E-state index contributed by atoms with van der Waals surface area (Å²) in [6.07, 6.45) is 0.415. The van der Waals surface area contributed by atoms with Crippen LogP contribution < -0.4 is 0 Å². The van der Waals surface area contributed by atoms with E-state index in [2.05, 4.69) is 103 Å². The molecule has 0 bridgehead atoms. The second kappa shape index (κ2) is 9.75. The zero-order chi connectivity index (χ0) is 22.5. The van der Waals surface area contributed by atoms with Gasteiger partial charge in [-0.15, -0.1) is 0 Å². The van der Waals surface area contributed by atoms with E-state index in [4.69, 9.17) is 4.55 Å². The van der Waals surface area contributed by atoms with E-state index in [1.54, 1.807) is 0 Å². The lowest BCUT2D eigenvalue weighted by molar-refractivity contribution is 0.131. The molecule has 2 N–H and O–H groups in total. The molecule has 1 fully saturated rings. The monoisotopic (exact) mass is 439 g/mol. The van der Waals surface area contributed by atoms with Crippen LogP contribution >= 0.6 is 0 Å². The van der Waals surface area contributed by atoms with Crippen molar-refractivity contribution in [1.29, 1.82) is 0 Å². The standard InChI is InChI=1S/C24H25NO.CH4O3S/c1-19-17-25(18-23(19)26)24(20-11-5-2-6-12-20,21-13-7-3-8-14-21)22-15-9-4-10-16-22;1-5(2,3)4/h2-16,19,23,26H,17-18H2,1H3;1H3,(H,2,3,4). The van der Waals surface area contributed by atoms with Gasteiger partial charge in [-0.3, -0.25) is 9.45 Å². The maximum atomic E-state index is 10.5. The van der Waals surface area contributed by atoms with Crippen LogP contribution in [0.1, 0.15) is 23.6 Å². The Hall–Kier alpha value is -2.51. The first-order valence-corrected chi connectivity index (χ1v) is 12.1. The lowest BCUT2D eigenvalue weighted by Gasteiger charge is -2.44. The van der Waals surface area contributed by atoms with Crippen LogP contribution in [0.15, 0.2) is 91.0 Å². The Labute approximate surface area is 184 Å². The molecule has 3 aromatic rings. The van der Waals surface area contributed by atoms with Crippen LogP contribution in [0.25, 0.3) is 0 Å². The van der Waals surface area contributed by atoms with Crippen molar-refractivity contribution in [3.05, 3.63) is 108 Å². The topological polar surface area (TPSA) is 77.8 Å². The van der Waals surface area contributed by atoms with E-state index in [-0.39, 0.29) is 12.0 Å². The van der Waals surface area contributed by atoms with Crippen LogP contribution in [0.3, 0.4) is 0 Å². The lowest BCUT2D eigenvalue weighted by atomic mass is 9.75. The van der Waals surface area contributed by atoms with Crippen molar-refractivity contribution in [3.63, 3.8) is 0 Å². The summed E-state index contributed by atoms with van der Waals surface area (Å²) < 4.78 is 25.9. The molecule has 1 aliphatic heterocycles. The maximum Gasteiger partial charge on any atom is 0.261 e. The normalized spacial score (nSPS) is 19.5. The second-order valence-electron chi connectivity index (χ2n) is 7.99. The predicted molar refractivity (Wildman–Crippen MR) is 123 cm³/mol. The van der Waals surface area contributed by atoms with Crippen LogP contribution in [0.5, 0.6) is 0 Å². The average Bonchev–Trinajstić information content (AvgIpc) is 3.08. The highest BCUT2D eigenvalue weighted by Crippen LogP contribution is 2.44. The van der Waals surface area contributed by atoms with E-state index < -0.39 is 15.7 Å². The minimum absolute atomic E-state index is 0.255. The summed E-state index contributed by atoms with van der Waals surface area (Å²) in [5.41, 5.74) is 3.30. The Morgan fingerprint density at radius 2 is 1.10 bits per heavy atom. The van der Waals surface area contributed by atoms with Crippen molar-refractivity contribution in [1.82, 2.24) is 4.90 Å². The summed E-state index contributed by atoms with van der Waals surface area (Å²) >= 11 is 0. The molecule has 164 valence electrons. The SMILES string of the molecule is CC1CN(C(c2ccccc2)(c2ccccc2)c2ccccc2)CC1O.CS(=O)(=O)O. The van der Waals surface area contributed by atoms with E-state index in [1.807, 2.05) is 0 Å². The van der Waals surface area contributed by atoms with Crippen molar-refractivity contribution in [3.8, 4) is 0 Å². The van der Waals surface area contributed by atoms with E-state index in [0.717, 1.165) is 6.54 Å². The number of hydrogen-bond donors (Lipinski definition) is 2. The van der Waals surface area contributed by atoms with Gasteiger partial charge >= 0.3 is 0 Å². The molecular weight excluding hydrogens is 410 g/mol. The van der Waals surface area contributed by atoms with Gasteiger partial charge in [0.1, 0.15) is 0 Å². The average molecular weight is 440 g/mol. The molecule has 31 heavy (non-hydrogen) atoms. The smallest absolute Gasteiger partial charge is 0.261 e. The summed E-state index contributed by atoms with van der Waals surface area (Å²) in [5, 5.41) is 10.5. The molecular formula is C25H29NO4S. The summed E-state index contributed by atoms with van der Waals surface area (Å²) in [6, 6.07) is 32.0. The molecule has 5 nitrogen and oxygen atoms in total. The quantitative estimate of drug-likeness (QED) is 0.478. The minimum atomic E-state index is -3.67. The number of hydrogen-bond acceptors (Lipinski definition) is 4. The first-order chi connectivity index (χ1) is 14.7. The van der Waals surface area contributed by atoms with Crippen molar-refractivity contribution >= 4 is 10.1 Å². The molecule has 0 aliphatic carbocycles. The van der Waals surface area contributed by atoms with Crippen molar-refractivity contribution in [2.45, 2.75) is 18.6 Å². The number of β-amino-alcohol motifs (C(OH)–C–C–N with tert-alkyl or cyclic N) is 1. The highest BCUT2D eigenvalue weighted by atomic mass is 32.2. The number of benzene rings is 3. The molecule has 1 saturated heterocycles. The largest absolute Gasteiger partial charge is 0.391 e. The van der Waals surface area contributed by atoms with Gasteiger partial charge in [-0.05, 0) is 22.6 Å². The lowest BCUT2D eigenvalue weighted by Crippen LogP contribution is -2.47. The third-order valence-electron chi connectivity index (χ3n) is 5.62. The van der Waals surface area contributed by atoms with Crippen LogP contribution in [-0.2, 0) is 15.7 Å². The fourth-order valence-corrected chi connectivity index (χ4v) is 4.31. The maximum absolute atomic E-state index is 10.5. The van der Waals surface area contributed by atoms with Crippen molar-refractivity contribution in [2.75, 3.05) is 19.3 Å². The molecule has 2 unspecified atom stereocenters. The predicted octanol–water partition coefficient (Wildman–Crippen LogP) is 3.80. The molecule has 6 heteroatoms. The van der Waals surface area contributed by atoms with Gasteiger partial charge < -0.3 is 5.11 Å². The summed E-state index contributed by atoms with van der Waals surface area (Å²) in [7, 11) is -3.67. The zero-order valence-corrected chi connectivity index (χ0v) is 18.6. The van der Waals surface area contributed by atoms with E-state index >= 15 is 0 Å². The summed E-state index contributed by atoms with van der Waals surface area (Å²) in [6.45, 7) is 3.66. The van der Waals surface area contributed by atoms with Gasteiger partial charge in [0, 0.05) is 13.1 Å². The number of aliphatic hydroxyl groups excluding tert-OH is 1. The van der Waals surface area contributed by atoms with Crippen LogP contribution in [0.4, 0.5) is 0 Å². The first kappa shape index (κ1) is 23.2. The zero-order valence-electron chi connectivity index (χ0n) is 17.8. The first-order valence-electron chi connectivity index (χ1n) is 10.2. The van der Waals surface area contributed by atoms with Crippen molar-refractivity contribution in [2.24, 2.45) is 5.92 Å². The summed E-state index contributed by atoms with van der Waals surface area (Å²) in [4.78, 5) is 2.45. The fourth-order valence-electron chi connectivity index (χ4n) is 4.31. The third-order valence-corrected chi connectivity index (χ3v) is 5.62. The fraction of sp³-hybridized carbons (Fsp3) is 0.280. The van der Waals surface area contributed by atoms with Crippen LogP contribution in [0.2, 0.25) is 0 Å². The van der Waals surface area contributed by atoms with Gasteiger partial charge in [-0.2, -0.15) is 8.42 Å². The van der Waals surface area contributed by atoms with Crippen molar-refractivity contribution < 1.29 is 18.1 Å². The van der Waals surface area contributed by atoms with Gasteiger partial charge in [-0.1, -0.05) is 97.9 Å². The van der Waals surface area contributed by atoms with Gasteiger partial charge in [0.15, 0.2) is 0 Å². The van der Waals surface area contributed by atoms with E-state index in [1.165, 1.54) is 16.7 Å². The molecule has 3 aromatic carbocycles. The molecule has 1 aliphatic rings. The van der Waals surface area contributed by atoms with E-state index in [9.17, 15) is 13.5 Å². The Kier molecular flexibility index (Phi) is 7.28. The number of nitrogens with zero attached hydrogens (tertiary/aromatic N) is 1. The number of aliphatic hydroxyl groups is 1. The van der Waals surface area contributed by atoms with E-state index in [0.29, 0.717) is 12.8 Å². The highest BCUT2D eigenvalue weighted by Gasteiger charge is 2.46. The minimum Gasteiger partial charge on any atom is -0.391 e. The number of rotatable bonds is 4. The highest BCUT2D eigenvalue weighted by molar-refractivity contribution is 7.85. The Morgan fingerprint density at radius 3 is 1.35 bits per heavy atom. The molecule has 0 spiro atoms. The molecule has 2 atom stereocenters. The molecule has 0 amide bonds. The Bertz CT molecular complexity index is 942. The second-order valence-corrected chi connectivity index (χ2v) is 9.46.